The third kappa shape index (κ3) is 4.52. The second-order valence-corrected chi connectivity index (χ2v) is 7.37. The fraction of sp³-hybridized carbons (Fsp3) is 0.381. The monoisotopic (exact) mass is 456 g/mol. The number of nitrogens with one attached hydrogen (secondary N) is 1. The molecule has 1 amide bonds. The second kappa shape index (κ2) is 8.73. The van der Waals surface area contributed by atoms with Crippen LogP contribution in [-0.4, -0.2) is 49.0 Å². The average Bonchev–Trinajstić information content (AvgIpc) is 3.12. The first kappa shape index (κ1) is 23.5. The van der Waals surface area contributed by atoms with Crippen molar-refractivity contribution in [2.24, 2.45) is 0 Å². The van der Waals surface area contributed by atoms with Crippen LogP contribution in [0, 0.1) is 5.82 Å². The summed E-state index contributed by atoms with van der Waals surface area (Å²) in [7, 11) is 2.40. The van der Waals surface area contributed by atoms with E-state index in [1.807, 2.05) is 0 Å². The lowest BCUT2D eigenvalue weighted by Gasteiger charge is -2.27. The van der Waals surface area contributed by atoms with Gasteiger partial charge in [-0.2, -0.15) is 13.2 Å². The number of alkyl halides is 3. The van der Waals surface area contributed by atoms with Crippen LogP contribution in [0.25, 0.3) is 0 Å². The van der Waals surface area contributed by atoms with E-state index in [2.05, 4.69) is 15.0 Å². The highest BCUT2D eigenvalue weighted by molar-refractivity contribution is 5.96. The minimum atomic E-state index is -4.76. The molecule has 172 valence electrons. The van der Waals surface area contributed by atoms with E-state index in [-0.39, 0.29) is 22.7 Å². The van der Waals surface area contributed by atoms with Gasteiger partial charge in [0.05, 0.1) is 14.2 Å². The van der Waals surface area contributed by atoms with Gasteiger partial charge in [-0.25, -0.2) is 14.2 Å². The summed E-state index contributed by atoms with van der Waals surface area (Å²) in [6.07, 6.45) is -5.68. The smallest absolute Gasteiger partial charge is 0.417 e. The number of esters is 1. The molecule has 1 aromatic carbocycles. The van der Waals surface area contributed by atoms with E-state index in [0.717, 1.165) is 26.2 Å². The quantitative estimate of drug-likeness (QED) is 0.544. The predicted octanol–water partition coefficient (Wildman–Crippen LogP) is 3.85. The van der Waals surface area contributed by atoms with Crippen molar-refractivity contribution in [1.82, 2.24) is 4.98 Å². The first-order chi connectivity index (χ1) is 15.0. The highest BCUT2D eigenvalue weighted by Crippen LogP contribution is 2.51. The maximum Gasteiger partial charge on any atom is 0.417 e. The number of benzene rings is 1. The summed E-state index contributed by atoms with van der Waals surface area (Å²) >= 11 is 0. The van der Waals surface area contributed by atoms with Crippen molar-refractivity contribution in [2.75, 3.05) is 19.5 Å². The molecule has 3 rings (SSSR count). The fourth-order valence-corrected chi connectivity index (χ4v) is 3.56. The zero-order chi connectivity index (χ0) is 23.7. The van der Waals surface area contributed by atoms with Crippen LogP contribution in [0.1, 0.15) is 35.3 Å². The molecule has 2 heterocycles. The maximum absolute atomic E-state index is 13.7. The summed E-state index contributed by atoms with van der Waals surface area (Å²) in [6.45, 7) is 0.852. The van der Waals surface area contributed by atoms with Crippen molar-refractivity contribution in [3.05, 3.63) is 53.6 Å². The van der Waals surface area contributed by atoms with E-state index >= 15 is 0 Å². The summed E-state index contributed by atoms with van der Waals surface area (Å²) in [5.74, 6) is -3.36. The molecule has 0 radical (unpaired) electrons. The van der Waals surface area contributed by atoms with Gasteiger partial charge in [-0.3, -0.25) is 4.79 Å². The Morgan fingerprint density at radius 1 is 1.22 bits per heavy atom. The number of nitrogens with zero attached hydrogens (tertiary/aromatic N) is 1. The average molecular weight is 456 g/mol. The fourth-order valence-electron chi connectivity index (χ4n) is 3.56. The number of anilines is 1. The van der Waals surface area contributed by atoms with Crippen LogP contribution in [0.3, 0.4) is 0 Å². The lowest BCUT2D eigenvalue weighted by atomic mass is 9.86. The van der Waals surface area contributed by atoms with Crippen molar-refractivity contribution in [3.8, 4) is 5.75 Å². The van der Waals surface area contributed by atoms with Gasteiger partial charge < -0.3 is 19.5 Å². The first-order valence-electron chi connectivity index (χ1n) is 9.42. The van der Waals surface area contributed by atoms with Gasteiger partial charge in [-0.05, 0) is 31.5 Å². The Kier molecular flexibility index (Phi) is 6.40. The van der Waals surface area contributed by atoms with Crippen LogP contribution in [-0.2, 0) is 14.3 Å². The maximum atomic E-state index is 13.7. The van der Waals surface area contributed by atoms with Gasteiger partial charge in [0.1, 0.15) is 23.4 Å². The van der Waals surface area contributed by atoms with E-state index in [1.54, 1.807) is 0 Å². The highest BCUT2D eigenvalue weighted by atomic mass is 19.4. The minimum absolute atomic E-state index is 0.000266. The molecule has 0 spiro atoms. The molecule has 3 atom stereocenters. The van der Waals surface area contributed by atoms with Crippen molar-refractivity contribution in [1.29, 1.82) is 0 Å². The number of hydrogen-bond donors (Lipinski definition) is 1. The molecule has 1 N–H and O–H groups in total. The molecule has 11 heteroatoms. The third-order valence-corrected chi connectivity index (χ3v) is 5.24. The van der Waals surface area contributed by atoms with Gasteiger partial charge in [0.15, 0.2) is 5.60 Å². The summed E-state index contributed by atoms with van der Waals surface area (Å²) in [5, 5.41) is 2.45. The first-order valence-corrected chi connectivity index (χ1v) is 9.42. The third-order valence-electron chi connectivity index (χ3n) is 5.24. The van der Waals surface area contributed by atoms with Crippen molar-refractivity contribution >= 4 is 17.6 Å². The topological polar surface area (TPSA) is 86.8 Å². The Bertz CT molecular complexity index is 1030. The number of carbonyl (C=O) groups excluding carboxylic acids is 2. The van der Waals surface area contributed by atoms with E-state index in [0.29, 0.717) is 0 Å². The molecule has 0 bridgehead atoms. The van der Waals surface area contributed by atoms with Crippen LogP contribution >= 0.6 is 0 Å². The standard InChI is InChI=1S/C21H20F4N2O5/c1-20(21(23,24)25)10-14(13-5-4-11(22)8-16(13)30-2)17(32-20)18(28)27-12-6-7-26-15(9-12)19(29)31-3/h4-9,14,17H,10H2,1-3H3,(H,26,27,28). The molecule has 2 aromatic rings. The van der Waals surface area contributed by atoms with Crippen LogP contribution < -0.4 is 10.1 Å². The number of amides is 1. The van der Waals surface area contributed by atoms with Gasteiger partial charge in [0.2, 0.25) is 0 Å². The number of pyridine rings is 1. The number of halogens is 4. The zero-order valence-corrected chi connectivity index (χ0v) is 17.3. The van der Waals surface area contributed by atoms with E-state index in [4.69, 9.17) is 9.47 Å². The lowest BCUT2D eigenvalue weighted by Crippen LogP contribution is -2.43. The van der Waals surface area contributed by atoms with Crippen LogP contribution in [0.4, 0.5) is 23.2 Å². The van der Waals surface area contributed by atoms with Gasteiger partial charge in [0, 0.05) is 29.4 Å². The molecule has 7 nitrogen and oxygen atoms in total. The molecular weight excluding hydrogens is 436 g/mol. The van der Waals surface area contributed by atoms with Crippen molar-refractivity contribution < 1.29 is 41.4 Å². The molecular formula is C21H20F4N2O5. The molecule has 1 saturated heterocycles. The molecule has 0 saturated carbocycles. The molecule has 1 fully saturated rings. The van der Waals surface area contributed by atoms with Gasteiger partial charge >= 0.3 is 12.1 Å². The van der Waals surface area contributed by atoms with E-state index in [1.165, 1.54) is 31.5 Å². The summed E-state index contributed by atoms with van der Waals surface area (Å²) in [6, 6.07) is 5.94. The molecule has 32 heavy (non-hydrogen) atoms. The van der Waals surface area contributed by atoms with E-state index < -0.39 is 47.9 Å². The number of methoxy groups -OCH3 is 2. The number of aromatic nitrogens is 1. The Labute approximate surface area is 180 Å². The SMILES string of the molecule is COC(=O)c1cc(NC(=O)C2OC(C)(C(F)(F)F)CC2c2ccc(F)cc2OC)ccn1. The largest absolute Gasteiger partial charge is 0.496 e. The predicted molar refractivity (Wildman–Crippen MR) is 104 cm³/mol. The van der Waals surface area contributed by atoms with Crippen LogP contribution in [0.15, 0.2) is 36.5 Å². The van der Waals surface area contributed by atoms with Crippen molar-refractivity contribution in [3.63, 3.8) is 0 Å². The summed E-state index contributed by atoms with van der Waals surface area (Å²) in [4.78, 5) is 28.4. The number of carbonyl (C=O) groups is 2. The van der Waals surface area contributed by atoms with Gasteiger partial charge in [-0.15, -0.1) is 0 Å². The highest BCUT2D eigenvalue weighted by Gasteiger charge is 2.61. The molecule has 1 aliphatic rings. The summed E-state index contributed by atoms with van der Waals surface area (Å²) < 4.78 is 69.7. The number of ether oxygens (including phenoxy) is 3. The Morgan fingerprint density at radius 2 is 1.94 bits per heavy atom. The van der Waals surface area contributed by atoms with Gasteiger partial charge in [0.25, 0.3) is 5.91 Å². The van der Waals surface area contributed by atoms with E-state index in [9.17, 15) is 27.2 Å². The van der Waals surface area contributed by atoms with Crippen LogP contribution in [0.2, 0.25) is 0 Å². The van der Waals surface area contributed by atoms with Crippen LogP contribution in [0.5, 0.6) is 5.75 Å². The zero-order valence-electron chi connectivity index (χ0n) is 17.3. The normalized spacial score (nSPS) is 23.0. The lowest BCUT2D eigenvalue weighted by molar-refractivity contribution is -0.261. The number of hydrogen-bond acceptors (Lipinski definition) is 6. The molecule has 3 unspecified atom stereocenters. The molecule has 1 aliphatic heterocycles. The summed E-state index contributed by atoms with van der Waals surface area (Å²) in [5.41, 5.74) is -2.41. The second-order valence-electron chi connectivity index (χ2n) is 7.37. The molecule has 0 aliphatic carbocycles. The Morgan fingerprint density at radius 3 is 2.56 bits per heavy atom. The Hall–Kier alpha value is -3.21. The number of rotatable bonds is 5. The van der Waals surface area contributed by atoms with Gasteiger partial charge in [-0.1, -0.05) is 6.07 Å². The van der Waals surface area contributed by atoms with Crippen molar-refractivity contribution in [2.45, 2.75) is 37.1 Å². The minimum Gasteiger partial charge on any atom is -0.496 e. The Balaban J connectivity index is 1.96. The molecule has 1 aromatic heterocycles.